The first-order valence-corrected chi connectivity index (χ1v) is 3.87. The van der Waals surface area contributed by atoms with Gasteiger partial charge in [-0.05, 0) is 25.9 Å². The lowest BCUT2D eigenvalue weighted by Crippen LogP contribution is -2.33. The molecule has 1 rings (SSSR count). The first-order valence-electron chi connectivity index (χ1n) is 3.87. The van der Waals surface area contributed by atoms with E-state index in [1.54, 1.807) is 0 Å². The molecule has 2 N–H and O–H groups in total. The molecule has 0 aromatic rings. The summed E-state index contributed by atoms with van der Waals surface area (Å²) < 4.78 is 0. The minimum Gasteiger partial charge on any atom is -0.315 e. The molecule has 54 valence electrons. The first kappa shape index (κ1) is 7.03. The van der Waals surface area contributed by atoms with Crippen molar-refractivity contribution in [1.82, 2.24) is 10.6 Å². The minimum atomic E-state index is 0.755. The maximum atomic E-state index is 3.43. The van der Waals surface area contributed by atoms with E-state index < -0.39 is 0 Å². The van der Waals surface area contributed by atoms with E-state index in [0.717, 1.165) is 19.1 Å². The highest BCUT2D eigenvalue weighted by Gasteiger charge is 2.11. The van der Waals surface area contributed by atoms with Crippen LogP contribution in [0, 0.1) is 0 Å². The second-order valence-electron chi connectivity index (χ2n) is 2.60. The van der Waals surface area contributed by atoms with Crippen molar-refractivity contribution >= 4 is 0 Å². The van der Waals surface area contributed by atoms with Crippen LogP contribution in [0.1, 0.15) is 19.8 Å². The SMILES string of the molecule is CCNC[C@H]1CCCN1. The maximum Gasteiger partial charge on any atom is 0.0192 e. The van der Waals surface area contributed by atoms with Crippen molar-refractivity contribution in [3.8, 4) is 0 Å². The van der Waals surface area contributed by atoms with E-state index in [9.17, 15) is 0 Å². The average Bonchev–Trinajstić information content (AvgIpc) is 2.34. The lowest BCUT2D eigenvalue weighted by molar-refractivity contribution is 0.547. The van der Waals surface area contributed by atoms with Gasteiger partial charge >= 0.3 is 0 Å². The van der Waals surface area contributed by atoms with Gasteiger partial charge in [0.05, 0.1) is 0 Å². The van der Waals surface area contributed by atoms with Crippen molar-refractivity contribution in [3.05, 3.63) is 0 Å². The van der Waals surface area contributed by atoms with Gasteiger partial charge in [-0.1, -0.05) is 6.92 Å². The number of likely N-dealkylation sites (N-methyl/N-ethyl adjacent to an activating group) is 1. The topological polar surface area (TPSA) is 24.1 Å². The van der Waals surface area contributed by atoms with Crippen molar-refractivity contribution < 1.29 is 0 Å². The van der Waals surface area contributed by atoms with E-state index in [1.807, 2.05) is 0 Å². The van der Waals surface area contributed by atoms with Gasteiger partial charge in [-0.2, -0.15) is 0 Å². The monoisotopic (exact) mass is 128 g/mol. The van der Waals surface area contributed by atoms with Crippen molar-refractivity contribution in [2.75, 3.05) is 19.6 Å². The summed E-state index contributed by atoms with van der Waals surface area (Å²) in [4.78, 5) is 0. The third-order valence-corrected chi connectivity index (χ3v) is 1.80. The minimum absolute atomic E-state index is 0.755. The Balaban J connectivity index is 1.98. The Labute approximate surface area is 57.0 Å². The zero-order chi connectivity index (χ0) is 6.53. The molecule has 0 aromatic heterocycles. The largest absolute Gasteiger partial charge is 0.315 e. The molecule has 0 aliphatic carbocycles. The van der Waals surface area contributed by atoms with E-state index in [4.69, 9.17) is 0 Å². The molecule has 1 heterocycles. The van der Waals surface area contributed by atoms with Gasteiger partial charge in [0.15, 0.2) is 0 Å². The van der Waals surface area contributed by atoms with E-state index in [0.29, 0.717) is 0 Å². The van der Waals surface area contributed by atoms with Gasteiger partial charge in [-0.15, -0.1) is 0 Å². The predicted molar refractivity (Wildman–Crippen MR) is 39.6 cm³/mol. The number of hydrogen-bond donors (Lipinski definition) is 2. The molecule has 1 fully saturated rings. The number of rotatable bonds is 3. The first-order chi connectivity index (χ1) is 4.43. The molecule has 0 aromatic carbocycles. The second-order valence-corrected chi connectivity index (χ2v) is 2.60. The van der Waals surface area contributed by atoms with Gasteiger partial charge in [-0.25, -0.2) is 0 Å². The summed E-state index contributed by atoms with van der Waals surface area (Å²) in [5, 5.41) is 6.76. The highest BCUT2D eigenvalue weighted by Crippen LogP contribution is 2.02. The summed E-state index contributed by atoms with van der Waals surface area (Å²) in [5.41, 5.74) is 0. The van der Waals surface area contributed by atoms with Crippen LogP contribution in [0.3, 0.4) is 0 Å². The molecule has 9 heavy (non-hydrogen) atoms. The second kappa shape index (κ2) is 3.85. The van der Waals surface area contributed by atoms with Gasteiger partial charge < -0.3 is 10.6 Å². The maximum absolute atomic E-state index is 3.43. The molecule has 0 amide bonds. The predicted octanol–water partition coefficient (Wildman–Crippen LogP) is 0.348. The molecule has 0 unspecified atom stereocenters. The van der Waals surface area contributed by atoms with Gasteiger partial charge in [0.1, 0.15) is 0 Å². The molecular formula is C7H16N2. The molecule has 1 atom stereocenters. The fourth-order valence-corrected chi connectivity index (χ4v) is 1.25. The molecular weight excluding hydrogens is 112 g/mol. The number of hydrogen-bond acceptors (Lipinski definition) is 2. The molecule has 0 spiro atoms. The fourth-order valence-electron chi connectivity index (χ4n) is 1.25. The summed E-state index contributed by atoms with van der Waals surface area (Å²) in [7, 11) is 0. The van der Waals surface area contributed by atoms with E-state index >= 15 is 0 Å². The van der Waals surface area contributed by atoms with Crippen LogP contribution in [-0.2, 0) is 0 Å². The Bertz CT molecular complexity index is 67.3. The normalized spacial score (nSPS) is 27.0. The van der Waals surface area contributed by atoms with Crippen LogP contribution in [0.15, 0.2) is 0 Å². The smallest absolute Gasteiger partial charge is 0.0192 e. The molecule has 1 saturated heterocycles. The third kappa shape index (κ3) is 2.33. The zero-order valence-electron chi connectivity index (χ0n) is 6.11. The quantitative estimate of drug-likeness (QED) is 0.573. The third-order valence-electron chi connectivity index (χ3n) is 1.80. The van der Waals surface area contributed by atoms with Gasteiger partial charge in [0.25, 0.3) is 0 Å². The van der Waals surface area contributed by atoms with Gasteiger partial charge in [-0.3, -0.25) is 0 Å². The highest BCUT2D eigenvalue weighted by atomic mass is 15.0. The Morgan fingerprint density at radius 1 is 1.67 bits per heavy atom. The Kier molecular flexibility index (Phi) is 3.01. The van der Waals surface area contributed by atoms with Crippen LogP contribution >= 0.6 is 0 Å². The molecule has 0 saturated carbocycles. The van der Waals surface area contributed by atoms with E-state index in [-0.39, 0.29) is 0 Å². The van der Waals surface area contributed by atoms with E-state index in [2.05, 4.69) is 17.6 Å². The van der Waals surface area contributed by atoms with Crippen LogP contribution in [0.5, 0.6) is 0 Å². The highest BCUT2D eigenvalue weighted by molar-refractivity contribution is 4.75. The van der Waals surface area contributed by atoms with Gasteiger partial charge in [0.2, 0.25) is 0 Å². The summed E-state index contributed by atoms with van der Waals surface area (Å²) in [6, 6.07) is 0.755. The molecule has 0 bridgehead atoms. The summed E-state index contributed by atoms with van der Waals surface area (Å²) >= 11 is 0. The Hall–Kier alpha value is -0.0800. The molecule has 1 aliphatic rings. The Morgan fingerprint density at radius 2 is 2.56 bits per heavy atom. The van der Waals surface area contributed by atoms with Crippen molar-refractivity contribution in [3.63, 3.8) is 0 Å². The van der Waals surface area contributed by atoms with Crippen LogP contribution < -0.4 is 10.6 Å². The average molecular weight is 128 g/mol. The molecule has 2 nitrogen and oxygen atoms in total. The summed E-state index contributed by atoms with van der Waals surface area (Å²) in [5.74, 6) is 0. The lowest BCUT2D eigenvalue weighted by Gasteiger charge is -2.08. The van der Waals surface area contributed by atoms with Crippen molar-refractivity contribution in [2.45, 2.75) is 25.8 Å². The zero-order valence-corrected chi connectivity index (χ0v) is 6.11. The van der Waals surface area contributed by atoms with Crippen LogP contribution in [-0.4, -0.2) is 25.7 Å². The summed E-state index contributed by atoms with van der Waals surface area (Å²) in [6.07, 6.45) is 2.71. The molecule has 0 radical (unpaired) electrons. The lowest BCUT2D eigenvalue weighted by atomic mass is 10.2. The number of nitrogens with one attached hydrogen (secondary N) is 2. The van der Waals surface area contributed by atoms with E-state index in [1.165, 1.54) is 19.4 Å². The van der Waals surface area contributed by atoms with Crippen molar-refractivity contribution in [1.29, 1.82) is 0 Å². The van der Waals surface area contributed by atoms with Crippen LogP contribution in [0.2, 0.25) is 0 Å². The fraction of sp³-hybridized carbons (Fsp3) is 1.00. The molecule has 1 aliphatic heterocycles. The Morgan fingerprint density at radius 3 is 3.11 bits per heavy atom. The van der Waals surface area contributed by atoms with Gasteiger partial charge in [0, 0.05) is 12.6 Å². The summed E-state index contributed by atoms with van der Waals surface area (Å²) in [6.45, 7) is 5.61. The standard InChI is InChI=1S/C7H16N2/c1-2-8-6-7-4-3-5-9-7/h7-9H,2-6H2,1H3/t7-/m1/s1. The van der Waals surface area contributed by atoms with Crippen LogP contribution in [0.25, 0.3) is 0 Å². The molecule has 2 heteroatoms. The van der Waals surface area contributed by atoms with Crippen LogP contribution in [0.4, 0.5) is 0 Å². The van der Waals surface area contributed by atoms with Crippen molar-refractivity contribution in [2.24, 2.45) is 0 Å².